The number of Topliss-reactive ketones (excluding diaryl/α,β-unsaturated/α-hetero) is 1. The molecule has 11 heteroatoms. The van der Waals surface area contributed by atoms with Gasteiger partial charge >= 0.3 is 11.9 Å². The molecule has 5 N–H and O–H groups in total. The van der Waals surface area contributed by atoms with Crippen molar-refractivity contribution in [3.8, 4) is 0 Å². The minimum absolute atomic E-state index is 0.0174. The van der Waals surface area contributed by atoms with E-state index >= 15 is 0 Å². The van der Waals surface area contributed by atoms with Crippen LogP contribution >= 0.6 is 0 Å². The monoisotopic (exact) mass is 350 g/mol. The van der Waals surface area contributed by atoms with Gasteiger partial charge in [0, 0.05) is 6.42 Å². The number of aliphatic hydroxyl groups is 4. The fourth-order valence-corrected chi connectivity index (χ4v) is 2.46. The molecule has 2 saturated heterocycles. The summed E-state index contributed by atoms with van der Waals surface area (Å²) >= 11 is 0. The lowest BCUT2D eigenvalue weighted by Gasteiger charge is -2.38. The SMILES string of the molecule is O=C(CC1C(=O)CCOC1O)OC1OC(C(=O)O)C(O)C(O)C1O. The third-order valence-corrected chi connectivity index (χ3v) is 3.84. The highest BCUT2D eigenvalue weighted by Crippen LogP contribution is 2.25. The van der Waals surface area contributed by atoms with Gasteiger partial charge in [-0.05, 0) is 0 Å². The molecule has 0 bridgehead atoms. The van der Waals surface area contributed by atoms with Crippen LogP contribution in [-0.2, 0) is 28.6 Å². The molecule has 2 fully saturated rings. The topological polar surface area (TPSA) is 180 Å². The Bertz CT molecular complexity index is 506. The van der Waals surface area contributed by atoms with Gasteiger partial charge in [0.25, 0.3) is 0 Å². The van der Waals surface area contributed by atoms with Gasteiger partial charge in [-0.1, -0.05) is 0 Å². The van der Waals surface area contributed by atoms with Crippen molar-refractivity contribution in [3.63, 3.8) is 0 Å². The van der Waals surface area contributed by atoms with Crippen molar-refractivity contribution in [2.24, 2.45) is 5.92 Å². The molecule has 2 aliphatic heterocycles. The van der Waals surface area contributed by atoms with E-state index in [0.717, 1.165) is 0 Å². The average molecular weight is 350 g/mol. The van der Waals surface area contributed by atoms with Gasteiger partial charge in [0.1, 0.15) is 24.1 Å². The summed E-state index contributed by atoms with van der Waals surface area (Å²) in [6, 6.07) is 0. The van der Waals surface area contributed by atoms with Crippen LogP contribution in [0.4, 0.5) is 0 Å². The molecule has 2 aliphatic rings. The van der Waals surface area contributed by atoms with E-state index < -0.39 is 67.1 Å². The number of ketones is 1. The van der Waals surface area contributed by atoms with Gasteiger partial charge in [0.05, 0.1) is 18.9 Å². The quantitative estimate of drug-likeness (QED) is 0.321. The summed E-state index contributed by atoms with van der Waals surface area (Å²) in [5.41, 5.74) is 0. The summed E-state index contributed by atoms with van der Waals surface area (Å²) in [5.74, 6) is -4.26. The molecule has 2 rings (SSSR count). The number of carboxylic acids is 1. The van der Waals surface area contributed by atoms with E-state index in [1.165, 1.54) is 0 Å². The van der Waals surface area contributed by atoms with Crippen LogP contribution in [0.3, 0.4) is 0 Å². The van der Waals surface area contributed by atoms with E-state index in [0.29, 0.717) is 0 Å². The lowest BCUT2D eigenvalue weighted by atomic mass is 9.95. The third kappa shape index (κ3) is 3.88. The molecule has 0 aromatic heterocycles. The first-order valence-electron chi connectivity index (χ1n) is 7.16. The van der Waals surface area contributed by atoms with Crippen LogP contribution in [0.2, 0.25) is 0 Å². The van der Waals surface area contributed by atoms with Crippen LogP contribution in [0.1, 0.15) is 12.8 Å². The number of esters is 1. The third-order valence-electron chi connectivity index (χ3n) is 3.84. The summed E-state index contributed by atoms with van der Waals surface area (Å²) in [6.07, 6.45) is -11.5. The van der Waals surface area contributed by atoms with E-state index in [1.54, 1.807) is 0 Å². The predicted molar refractivity (Wildman–Crippen MR) is 70.1 cm³/mol. The number of rotatable bonds is 4. The zero-order valence-corrected chi connectivity index (χ0v) is 12.3. The Labute approximate surface area is 135 Å². The summed E-state index contributed by atoms with van der Waals surface area (Å²) in [6.45, 7) is 0.0281. The normalized spacial score (nSPS) is 40.2. The number of carbonyl (C=O) groups is 3. The number of hydrogen-bond acceptors (Lipinski definition) is 10. The Balaban J connectivity index is 1.99. The predicted octanol–water partition coefficient (Wildman–Crippen LogP) is -3.26. The van der Waals surface area contributed by atoms with Crippen LogP contribution in [0.15, 0.2) is 0 Å². The Kier molecular flexibility index (Phi) is 5.85. The number of carboxylic acid groups (broad SMARTS) is 1. The molecular weight excluding hydrogens is 332 g/mol. The number of aliphatic hydroxyl groups excluding tert-OH is 4. The van der Waals surface area contributed by atoms with Crippen molar-refractivity contribution in [1.29, 1.82) is 0 Å². The van der Waals surface area contributed by atoms with Crippen LogP contribution in [0.5, 0.6) is 0 Å². The molecule has 0 saturated carbocycles. The maximum Gasteiger partial charge on any atom is 0.335 e. The van der Waals surface area contributed by atoms with Gasteiger partial charge in [-0.15, -0.1) is 0 Å². The molecule has 24 heavy (non-hydrogen) atoms. The van der Waals surface area contributed by atoms with Gasteiger partial charge in [0.15, 0.2) is 12.4 Å². The number of ether oxygens (including phenoxy) is 3. The van der Waals surface area contributed by atoms with E-state index in [4.69, 9.17) is 19.3 Å². The highest BCUT2D eigenvalue weighted by Gasteiger charge is 2.48. The second-order valence-corrected chi connectivity index (χ2v) is 5.51. The summed E-state index contributed by atoms with van der Waals surface area (Å²) < 4.78 is 14.4. The number of aliphatic carboxylic acids is 1. The average Bonchev–Trinajstić information content (AvgIpc) is 2.51. The fraction of sp³-hybridized carbons (Fsp3) is 0.769. The molecule has 136 valence electrons. The first-order chi connectivity index (χ1) is 11.2. The minimum Gasteiger partial charge on any atom is -0.479 e. The van der Waals surface area contributed by atoms with Crippen LogP contribution in [-0.4, -0.2) is 86.9 Å². The maximum atomic E-state index is 11.9. The first-order valence-corrected chi connectivity index (χ1v) is 7.16. The Morgan fingerprint density at radius 2 is 1.79 bits per heavy atom. The minimum atomic E-state index is -1.91. The largest absolute Gasteiger partial charge is 0.479 e. The molecular formula is C13H18O11. The standard InChI is InChI=1S/C13H18O11/c14-5-1-2-22-12(21)4(5)3-6(15)23-13-9(18)7(16)8(17)10(24-13)11(19)20/h4,7-10,12-13,16-18,21H,1-3H2,(H,19,20). The molecule has 0 aromatic carbocycles. The molecule has 0 radical (unpaired) electrons. The molecule has 2 heterocycles. The number of carbonyl (C=O) groups excluding carboxylic acids is 2. The van der Waals surface area contributed by atoms with Crippen LogP contribution in [0, 0.1) is 5.92 Å². The fourth-order valence-electron chi connectivity index (χ4n) is 2.46. The van der Waals surface area contributed by atoms with Gasteiger partial charge < -0.3 is 39.7 Å². The van der Waals surface area contributed by atoms with E-state index in [-0.39, 0.29) is 13.0 Å². The second-order valence-electron chi connectivity index (χ2n) is 5.51. The maximum absolute atomic E-state index is 11.9. The van der Waals surface area contributed by atoms with E-state index in [9.17, 15) is 34.8 Å². The van der Waals surface area contributed by atoms with Crippen molar-refractivity contribution >= 4 is 17.7 Å². The van der Waals surface area contributed by atoms with E-state index in [1.807, 2.05) is 0 Å². The molecule has 0 aromatic rings. The summed E-state index contributed by atoms with van der Waals surface area (Å²) in [5, 5.41) is 47.3. The van der Waals surface area contributed by atoms with Gasteiger partial charge in [0.2, 0.25) is 6.29 Å². The van der Waals surface area contributed by atoms with E-state index in [2.05, 4.69) is 0 Å². The molecule has 7 unspecified atom stereocenters. The lowest BCUT2D eigenvalue weighted by Crippen LogP contribution is -2.60. The van der Waals surface area contributed by atoms with Crippen molar-refractivity contribution < 1.29 is 54.1 Å². The molecule has 11 nitrogen and oxygen atoms in total. The summed E-state index contributed by atoms with van der Waals surface area (Å²) in [7, 11) is 0. The van der Waals surface area contributed by atoms with Gasteiger partial charge in [-0.3, -0.25) is 9.59 Å². The molecule has 0 amide bonds. The van der Waals surface area contributed by atoms with Crippen molar-refractivity contribution in [3.05, 3.63) is 0 Å². The highest BCUT2D eigenvalue weighted by atomic mass is 16.7. The second kappa shape index (κ2) is 7.51. The highest BCUT2D eigenvalue weighted by molar-refractivity contribution is 5.86. The van der Waals surface area contributed by atoms with Gasteiger partial charge in [-0.25, -0.2) is 4.79 Å². The van der Waals surface area contributed by atoms with Crippen molar-refractivity contribution in [2.75, 3.05) is 6.61 Å². The first kappa shape index (κ1) is 18.7. The molecule has 7 atom stereocenters. The van der Waals surface area contributed by atoms with Crippen LogP contribution in [0.25, 0.3) is 0 Å². The lowest BCUT2D eigenvalue weighted by molar-refractivity contribution is -0.287. The van der Waals surface area contributed by atoms with Crippen molar-refractivity contribution in [1.82, 2.24) is 0 Å². The molecule has 0 aliphatic carbocycles. The number of hydrogen-bond donors (Lipinski definition) is 5. The Morgan fingerprint density at radius 1 is 1.12 bits per heavy atom. The zero-order chi connectivity index (χ0) is 18.0. The Morgan fingerprint density at radius 3 is 2.38 bits per heavy atom. The summed E-state index contributed by atoms with van der Waals surface area (Å²) in [4.78, 5) is 34.4. The smallest absolute Gasteiger partial charge is 0.335 e. The zero-order valence-electron chi connectivity index (χ0n) is 12.3. The van der Waals surface area contributed by atoms with Crippen molar-refractivity contribution in [2.45, 2.75) is 49.8 Å². The molecule has 0 spiro atoms. The van der Waals surface area contributed by atoms with Crippen LogP contribution < -0.4 is 0 Å². The Hall–Kier alpha value is -1.63. The van der Waals surface area contributed by atoms with Gasteiger partial charge in [-0.2, -0.15) is 0 Å².